The third-order valence-corrected chi connectivity index (χ3v) is 4.35. The third-order valence-electron chi connectivity index (χ3n) is 3.79. The van der Waals surface area contributed by atoms with Crippen LogP contribution < -0.4 is 0 Å². The molecule has 0 heterocycles. The van der Waals surface area contributed by atoms with Gasteiger partial charge < -0.3 is 9.47 Å². The molecule has 0 aromatic heterocycles. The van der Waals surface area contributed by atoms with Crippen LogP contribution in [0.15, 0.2) is 36.4 Å². The quantitative estimate of drug-likeness (QED) is 0.125. The van der Waals surface area contributed by atoms with E-state index in [0.29, 0.717) is 11.1 Å². The lowest BCUT2D eigenvalue weighted by atomic mass is 10.1. The molecule has 0 amide bonds. The van der Waals surface area contributed by atoms with Gasteiger partial charge in [0.05, 0.1) is 40.8 Å². The van der Waals surface area contributed by atoms with Crippen LogP contribution in [0.25, 0.3) is 0 Å². The molecule has 0 saturated heterocycles. The Morgan fingerprint density at radius 2 is 1.32 bits per heavy atom. The summed E-state index contributed by atoms with van der Waals surface area (Å²) in [6, 6.07) is 8.60. The smallest absolute Gasteiger partial charge is 0.338 e. The van der Waals surface area contributed by atoms with Crippen LogP contribution >= 0.6 is 53.2 Å². The molecule has 0 radical (unpaired) electrons. The molecule has 31 heavy (non-hydrogen) atoms. The van der Waals surface area contributed by atoms with E-state index in [-0.39, 0.29) is 27.8 Å². The molecule has 168 valence electrons. The van der Waals surface area contributed by atoms with E-state index in [9.17, 15) is 29.8 Å². The number of methoxy groups -OCH3 is 2. The maximum Gasteiger partial charge on any atom is 0.338 e. The number of halogens is 3. The molecule has 0 bridgehead atoms. The number of benzene rings is 2. The van der Waals surface area contributed by atoms with Crippen molar-refractivity contribution in [2.24, 2.45) is 0 Å². The lowest BCUT2D eigenvalue weighted by molar-refractivity contribution is -0.385. The minimum Gasteiger partial charge on any atom is -0.465 e. The van der Waals surface area contributed by atoms with Crippen molar-refractivity contribution in [2.75, 3.05) is 14.2 Å². The molecule has 2 aromatic rings. The average Bonchev–Trinajstić information content (AvgIpc) is 2.79. The molecule has 0 unspecified atom stereocenters. The van der Waals surface area contributed by atoms with E-state index >= 15 is 0 Å². The highest BCUT2D eigenvalue weighted by Crippen LogP contribution is 2.25. The van der Waals surface area contributed by atoms with E-state index in [1.165, 1.54) is 57.5 Å². The highest BCUT2D eigenvalue weighted by Gasteiger charge is 2.20. The van der Waals surface area contributed by atoms with Crippen molar-refractivity contribution in [1.82, 2.24) is 0 Å². The van der Waals surface area contributed by atoms with Gasteiger partial charge in [0, 0.05) is 60.3 Å². The molecule has 0 atom stereocenters. The summed E-state index contributed by atoms with van der Waals surface area (Å²) in [6.45, 7) is 1.52. The molecule has 13 heteroatoms. The number of carbonyl (C=O) groups excluding carboxylic acids is 2. The maximum atomic E-state index is 11.3. The molecule has 0 spiro atoms. The predicted molar refractivity (Wildman–Crippen MR) is 134 cm³/mol. The van der Waals surface area contributed by atoms with Crippen LogP contribution in [0.3, 0.4) is 0 Å². The largest absolute Gasteiger partial charge is 0.465 e. The van der Waals surface area contributed by atoms with E-state index in [1.807, 2.05) is 0 Å². The van der Waals surface area contributed by atoms with Gasteiger partial charge in [0.1, 0.15) is 0 Å². The van der Waals surface area contributed by atoms with Crippen LogP contribution in [0.5, 0.6) is 0 Å². The Labute approximate surface area is 209 Å². The highest BCUT2D eigenvalue weighted by atomic mass is 128. The van der Waals surface area contributed by atoms with Crippen LogP contribution in [0, 0.1) is 27.2 Å². The third kappa shape index (κ3) is 8.29. The zero-order valence-corrected chi connectivity index (χ0v) is 22.4. The highest BCUT2D eigenvalue weighted by molar-refractivity contribution is 15.0. The van der Waals surface area contributed by atoms with Gasteiger partial charge in [0.15, 0.2) is 0 Å². The number of hydrogen-bond donors (Lipinski definition) is 0. The summed E-state index contributed by atoms with van der Waals surface area (Å²) in [4.78, 5) is 42.6. The summed E-state index contributed by atoms with van der Waals surface area (Å²) in [5.74, 6) is -1.14. The molecule has 0 aliphatic heterocycles. The fraction of sp³-hybridized carbons (Fsp3) is 0.222. The van der Waals surface area contributed by atoms with E-state index in [4.69, 9.17) is 0 Å². The van der Waals surface area contributed by atoms with Crippen molar-refractivity contribution < 1.29 is 28.9 Å². The SMILES string of the molecule is COC(=O)c1cccc([N+](=O)[O-])c1C.COC(=O)c1cccc([N+](=O)[O-])c1CBr.II. The molecular formula is C18H17BrI2N2O8. The van der Waals surface area contributed by atoms with E-state index in [0.717, 1.165) is 0 Å². The van der Waals surface area contributed by atoms with E-state index in [1.54, 1.807) is 0 Å². The van der Waals surface area contributed by atoms with Gasteiger partial charge >= 0.3 is 11.9 Å². The van der Waals surface area contributed by atoms with Gasteiger partial charge in [-0.1, -0.05) is 28.1 Å². The fourth-order valence-corrected chi connectivity index (χ4v) is 2.93. The number of esters is 2. The normalized spacial score (nSPS) is 9.23. The first-order valence-corrected chi connectivity index (χ1v) is 15.5. The summed E-state index contributed by atoms with van der Waals surface area (Å²) in [5.41, 5.74) is 0.923. The second kappa shape index (κ2) is 15.0. The van der Waals surface area contributed by atoms with Crippen LogP contribution in [0.2, 0.25) is 0 Å². The van der Waals surface area contributed by atoms with Crippen molar-refractivity contribution in [3.8, 4) is 0 Å². The molecule has 0 saturated carbocycles. The van der Waals surface area contributed by atoms with Crippen molar-refractivity contribution in [1.29, 1.82) is 0 Å². The summed E-state index contributed by atoms with van der Waals surface area (Å²) < 4.78 is 9.02. The number of ether oxygens (including phenoxy) is 2. The number of carbonyl (C=O) groups is 2. The van der Waals surface area contributed by atoms with Gasteiger partial charge in [0.2, 0.25) is 0 Å². The zero-order valence-electron chi connectivity index (χ0n) is 16.5. The molecule has 10 nitrogen and oxygen atoms in total. The second-order valence-corrected chi connectivity index (χ2v) is 5.94. The standard InChI is InChI=1S/C9H8BrNO4.C9H9NO4.I2/c1-15-9(12)6-3-2-4-8(11(13)14)7(6)5-10;1-6-7(9(11)14-2)4-3-5-8(6)10(12)13;1-2/h2-4H,5H2,1H3;3-5H,1-2H3;. The number of nitro groups is 2. The Morgan fingerprint density at radius 3 is 1.74 bits per heavy atom. The minimum absolute atomic E-state index is 0.0760. The maximum absolute atomic E-state index is 11.3. The van der Waals surface area contributed by atoms with Crippen LogP contribution in [-0.4, -0.2) is 36.0 Å². The van der Waals surface area contributed by atoms with Crippen molar-refractivity contribution in [3.05, 3.63) is 78.9 Å². The number of nitro benzene ring substituents is 2. The van der Waals surface area contributed by atoms with Gasteiger partial charge in [-0.3, -0.25) is 20.2 Å². The Balaban J connectivity index is 0.000000539. The Bertz CT molecular complexity index is 956. The summed E-state index contributed by atoms with van der Waals surface area (Å²) in [6.07, 6.45) is 0. The van der Waals surface area contributed by atoms with Gasteiger partial charge in [-0.25, -0.2) is 9.59 Å². The van der Waals surface area contributed by atoms with Gasteiger partial charge in [-0.2, -0.15) is 0 Å². The zero-order chi connectivity index (χ0) is 24.1. The molecule has 0 fully saturated rings. The lowest BCUT2D eigenvalue weighted by Gasteiger charge is -2.05. The molecule has 2 rings (SSSR count). The fourth-order valence-electron chi connectivity index (χ4n) is 2.34. The summed E-state index contributed by atoms with van der Waals surface area (Å²) >= 11 is 7.35. The minimum atomic E-state index is -0.576. The van der Waals surface area contributed by atoms with Crippen LogP contribution in [0.1, 0.15) is 31.8 Å². The number of nitrogens with zero attached hydrogens (tertiary/aromatic N) is 2. The second-order valence-electron chi connectivity index (χ2n) is 5.38. The van der Waals surface area contributed by atoms with Gasteiger partial charge in [-0.05, 0) is 19.1 Å². The number of alkyl halides is 1. The Morgan fingerprint density at radius 1 is 0.903 bits per heavy atom. The predicted octanol–water partition coefficient (Wildman–Crippen LogP) is 5.74. The molecule has 0 aliphatic rings. The van der Waals surface area contributed by atoms with E-state index < -0.39 is 21.8 Å². The first-order chi connectivity index (χ1) is 14.7. The van der Waals surface area contributed by atoms with Crippen LogP contribution in [0.4, 0.5) is 11.4 Å². The van der Waals surface area contributed by atoms with Gasteiger partial charge in [-0.15, -0.1) is 0 Å². The number of hydrogen-bond acceptors (Lipinski definition) is 8. The van der Waals surface area contributed by atoms with Gasteiger partial charge in [0.25, 0.3) is 11.4 Å². The Hall–Kier alpha value is -1.88. The van der Waals surface area contributed by atoms with Crippen molar-refractivity contribution in [3.63, 3.8) is 0 Å². The Kier molecular flexibility index (Phi) is 14.1. The van der Waals surface area contributed by atoms with E-state index in [2.05, 4.69) is 62.6 Å². The van der Waals surface area contributed by atoms with Crippen molar-refractivity contribution in [2.45, 2.75) is 12.3 Å². The number of rotatable bonds is 5. The monoisotopic (exact) mass is 722 g/mol. The molecule has 2 aromatic carbocycles. The summed E-state index contributed by atoms with van der Waals surface area (Å²) in [5, 5.41) is 21.4. The summed E-state index contributed by atoms with van der Waals surface area (Å²) in [7, 11) is 2.47. The first-order valence-electron chi connectivity index (χ1n) is 8.06. The average molecular weight is 723 g/mol. The molecule has 0 aliphatic carbocycles. The first kappa shape index (κ1) is 29.1. The lowest BCUT2D eigenvalue weighted by Crippen LogP contribution is -2.07. The van der Waals surface area contributed by atoms with Crippen molar-refractivity contribution >= 4 is 76.5 Å². The molecular weight excluding hydrogens is 706 g/mol. The molecule has 0 N–H and O–H groups in total. The topological polar surface area (TPSA) is 139 Å². The van der Waals surface area contributed by atoms with Crippen LogP contribution in [-0.2, 0) is 14.8 Å².